The summed E-state index contributed by atoms with van der Waals surface area (Å²) in [6.45, 7) is 1.57. The minimum Gasteiger partial charge on any atom is -0.481 e. The van der Waals surface area contributed by atoms with E-state index >= 15 is 0 Å². The van der Waals surface area contributed by atoms with Crippen molar-refractivity contribution in [2.45, 2.75) is 51.9 Å². The number of nitrogens with one attached hydrogen (secondary N) is 2. The molecule has 0 spiro atoms. The van der Waals surface area contributed by atoms with Crippen LogP contribution in [0.3, 0.4) is 0 Å². The molecule has 6 heteroatoms. The normalized spacial score (nSPS) is 23.3. The molecular formula is C17H22N2O3S. The van der Waals surface area contributed by atoms with Crippen molar-refractivity contribution in [3.8, 4) is 0 Å². The molecule has 1 heterocycles. The number of anilines is 1. The van der Waals surface area contributed by atoms with E-state index < -0.39 is 11.9 Å². The predicted molar refractivity (Wildman–Crippen MR) is 90.8 cm³/mol. The number of fused-ring (bicyclic) bond motifs is 1. The minimum atomic E-state index is -0.818. The number of carboxylic acid groups (broad SMARTS) is 1. The van der Waals surface area contributed by atoms with Crippen LogP contribution in [0.4, 0.5) is 5.00 Å². The number of thiophene rings is 1. The number of Topliss-reactive ketones (excluding diaryl/α,β-unsaturated/α-hetero) is 1. The number of hydrogen-bond acceptors (Lipinski definition) is 4. The third kappa shape index (κ3) is 3.04. The van der Waals surface area contributed by atoms with Crippen molar-refractivity contribution in [2.24, 2.45) is 11.8 Å². The Bertz CT molecular complexity index is 665. The van der Waals surface area contributed by atoms with Crippen LogP contribution < -0.4 is 5.32 Å². The molecule has 1 fully saturated rings. The van der Waals surface area contributed by atoms with Crippen LogP contribution in [0.25, 0.3) is 0 Å². The van der Waals surface area contributed by atoms with Crippen LogP contribution in [0.5, 0.6) is 0 Å². The quantitative estimate of drug-likeness (QED) is 0.445. The highest BCUT2D eigenvalue weighted by molar-refractivity contribution is 7.17. The molecule has 0 bridgehead atoms. The third-order valence-electron chi connectivity index (χ3n) is 4.98. The Kier molecular flexibility index (Phi) is 4.53. The van der Waals surface area contributed by atoms with E-state index in [2.05, 4.69) is 5.32 Å². The fourth-order valence-corrected chi connectivity index (χ4v) is 5.20. The summed E-state index contributed by atoms with van der Waals surface area (Å²) in [4.78, 5) is 24.7. The number of hydrogen-bond donors (Lipinski definition) is 3. The van der Waals surface area contributed by atoms with Crippen molar-refractivity contribution in [2.75, 3.05) is 5.32 Å². The summed E-state index contributed by atoms with van der Waals surface area (Å²) in [7, 11) is 0. The molecule has 0 saturated heterocycles. The molecule has 2 atom stereocenters. The lowest BCUT2D eigenvalue weighted by atomic mass is 9.78. The SMILES string of the molecule is CC(=O)c1c(NC(=N)C2CCCCC2C(=O)O)sc2c1CCC2. The zero-order chi connectivity index (χ0) is 16.6. The molecule has 23 heavy (non-hydrogen) atoms. The Balaban J connectivity index is 1.83. The van der Waals surface area contributed by atoms with E-state index in [0.29, 0.717) is 6.42 Å². The summed E-state index contributed by atoms with van der Waals surface area (Å²) in [5.41, 5.74) is 1.85. The second kappa shape index (κ2) is 6.43. The first-order valence-electron chi connectivity index (χ1n) is 8.22. The van der Waals surface area contributed by atoms with Gasteiger partial charge in [0.05, 0.1) is 11.5 Å². The van der Waals surface area contributed by atoms with E-state index in [9.17, 15) is 14.7 Å². The van der Waals surface area contributed by atoms with E-state index in [-0.39, 0.29) is 17.5 Å². The monoisotopic (exact) mass is 334 g/mol. The molecule has 124 valence electrons. The standard InChI is InChI=1S/C17H22N2O3S/c1-9(20)14-12-7-4-8-13(12)23-16(14)19-15(18)10-5-2-3-6-11(10)17(21)22/h10-11H,2-8H2,1H3,(H2,18,19)(H,21,22). The molecule has 0 aromatic carbocycles. The molecule has 5 nitrogen and oxygen atoms in total. The first-order chi connectivity index (χ1) is 11.0. The van der Waals surface area contributed by atoms with Crippen LogP contribution in [0.15, 0.2) is 0 Å². The lowest BCUT2D eigenvalue weighted by molar-refractivity contribution is -0.143. The summed E-state index contributed by atoms with van der Waals surface area (Å²) in [6.07, 6.45) is 6.23. The Morgan fingerprint density at radius 2 is 1.87 bits per heavy atom. The van der Waals surface area contributed by atoms with Crippen molar-refractivity contribution in [3.05, 3.63) is 16.0 Å². The molecule has 1 aromatic heterocycles. The fraction of sp³-hybridized carbons (Fsp3) is 0.588. The molecule has 2 aliphatic carbocycles. The molecule has 2 unspecified atom stereocenters. The van der Waals surface area contributed by atoms with Crippen molar-refractivity contribution >= 4 is 33.9 Å². The topological polar surface area (TPSA) is 90.3 Å². The summed E-state index contributed by atoms with van der Waals surface area (Å²) >= 11 is 1.56. The van der Waals surface area contributed by atoms with E-state index in [1.54, 1.807) is 18.3 Å². The van der Waals surface area contributed by atoms with Gasteiger partial charge in [-0.25, -0.2) is 0 Å². The molecule has 1 saturated carbocycles. The maximum atomic E-state index is 12.0. The van der Waals surface area contributed by atoms with Gasteiger partial charge in [-0.15, -0.1) is 11.3 Å². The smallest absolute Gasteiger partial charge is 0.307 e. The van der Waals surface area contributed by atoms with Crippen LogP contribution in [0.2, 0.25) is 0 Å². The Labute approximate surface area is 139 Å². The summed E-state index contributed by atoms with van der Waals surface area (Å²) in [5.74, 6) is -1.31. The molecule has 0 amide bonds. The van der Waals surface area contributed by atoms with Crippen LogP contribution in [0, 0.1) is 17.2 Å². The minimum absolute atomic E-state index is 0.0260. The average molecular weight is 334 g/mol. The van der Waals surface area contributed by atoms with E-state index in [1.807, 2.05) is 0 Å². The average Bonchev–Trinajstić information content (AvgIpc) is 3.06. The number of aliphatic carboxylic acids is 1. The number of amidine groups is 1. The van der Waals surface area contributed by atoms with Crippen molar-refractivity contribution in [1.82, 2.24) is 0 Å². The van der Waals surface area contributed by atoms with Crippen molar-refractivity contribution < 1.29 is 14.7 Å². The van der Waals surface area contributed by atoms with Gasteiger partial charge in [0.1, 0.15) is 10.8 Å². The zero-order valence-corrected chi connectivity index (χ0v) is 14.1. The predicted octanol–water partition coefficient (Wildman–Crippen LogP) is 3.72. The van der Waals surface area contributed by atoms with Gasteiger partial charge >= 0.3 is 5.97 Å². The second-order valence-electron chi connectivity index (χ2n) is 6.49. The van der Waals surface area contributed by atoms with E-state index in [0.717, 1.165) is 54.7 Å². The Morgan fingerprint density at radius 3 is 2.52 bits per heavy atom. The third-order valence-corrected chi connectivity index (χ3v) is 6.18. The highest BCUT2D eigenvalue weighted by Crippen LogP contribution is 2.40. The molecule has 0 radical (unpaired) electrons. The summed E-state index contributed by atoms with van der Waals surface area (Å²) < 4.78 is 0. The first-order valence-corrected chi connectivity index (χ1v) is 9.04. The number of ketones is 1. The molecule has 3 rings (SSSR count). The number of carboxylic acids is 1. The summed E-state index contributed by atoms with van der Waals surface area (Å²) in [6, 6.07) is 0. The Morgan fingerprint density at radius 1 is 1.17 bits per heavy atom. The van der Waals surface area contributed by atoms with E-state index in [4.69, 9.17) is 5.41 Å². The Hall–Kier alpha value is -1.69. The van der Waals surface area contributed by atoms with Gasteiger partial charge < -0.3 is 10.4 Å². The highest BCUT2D eigenvalue weighted by atomic mass is 32.1. The molecule has 1 aromatic rings. The van der Waals surface area contributed by atoms with Gasteiger partial charge in [-0.05, 0) is 44.6 Å². The zero-order valence-electron chi connectivity index (χ0n) is 13.3. The van der Waals surface area contributed by atoms with Crippen LogP contribution in [-0.2, 0) is 17.6 Å². The van der Waals surface area contributed by atoms with Gasteiger partial charge in [-0.2, -0.15) is 0 Å². The molecular weight excluding hydrogens is 312 g/mol. The number of carbonyl (C=O) groups excluding carboxylic acids is 1. The second-order valence-corrected chi connectivity index (χ2v) is 7.60. The summed E-state index contributed by atoms with van der Waals surface area (Å²) in [5, 5.41) is 21.6. The first kappa shape index (κ1) is 16.2. The van der Waals surface area contributed by atoms with Crippen LogP contribution in [0.1, 0.15) is 59.8 Å². The molecule has 0 aliphatic heterocycles. The number of aryl methyl sites for hydroxylation is 1. The molecule has 2 aliphatic rings. The largest absolute Gasteiger partial charge is 0.481 e. The lowest BCUT2D eigenvalue weighted by Gasteiger charge is -2.29. The van der Waals surface area contributed by atoms with Gasteiger partial charge in [0, 0.05) is 10.8 Å². The van der Waals surface area contributed by atoms with Gasteiger partial charge in [0.15, 0.2) is 5.78 Å². The maximum absolute atomic E-state index is 12.0. The molecule has 3 N–H and O–H groups in total. The van der Waals surface area contributed by atoms with Gasteiger partial charge in [-0.3, -0.25) is 15.0 Å². The van der Waals surface area contributed by atoms with Crippen LogP contribution >= 0.6 is 11.3 Å². The van der Waals surface area contributed by atoms with Crippen molar-refractivity contribution in [1.29, 1.82) is 5.41 Å². The number of carbonyl (C=O) groups is 2. The lowest BCUT2D eigenvalue weighted by Crippen LogP contribution is -2.35. The van der Waals surface area contributed by atoms with Gasteiger partial charge in [0.2, 0.25) is 0 Å². The van der Waals surface area contributed by atoms with Gasteiger partial charge in [0.25, 0.3) is 0 Å². The highest BCUT2D eigenvalue weighted by Gasteiger charge is 2.34. The van der Waals surface area contributed by atoms with Gasteiger partial charge in [-0.1, -0.05) is 12.8 Å². The van der Waals surface area contributed by atoms with Crippen LogP contribution in [-0.4, -0.2) is 22.7 Å². The fourth-order valence-electron chi connectivity index (χ4n) is 3.85. The van der Waals surface area contributed by atoms with E-state index in [1.165, 1.54) is 4.88 Å². The number of rotatable bonds is 4. The maximum Gasteiger partial charge on any atom is 0.307 e. The van der Waals surface area contributed by atoms with Crippen molar-refractivity contribution in [3.63, 3.8) is 0 Å².